The Morgan fingerprint density at radius 1 is 1.24 bits per heavy atom. The third-order valence-corrected chi connectivity index (χ3v) is 6.35. The fraction of sp³-hybridized carbons (Fsp3) is 0.611. The van der Waals surface area contributed by atoms with Crippen molar-refractivity contribution in [1.29, 1.82) is 0 Å². The fourth-order valence-electron chi connectivity index (χ4n) is 4.08. The molecule has 2 fully saturated rings. The summed E-state index contributed by atoms with van der Waals surface area (Å²) in [5.41, 5.74) is 0.467. The molecule has 1 aromatic rings. The number of nitrogens with zero attached hydrogens (tertiary/aromatic N) is 1. The highest BCUT2D eigenvalue weighted by molar-refractivity contribution is 7.92. The van der Waals surface area contributed by atoms with Crippen molar-refractivity contribution in [2.24, 2.45) is 11.8 Å². The standard InChI is InChI=1S/C18H26N2O4S/c1-3-24-16-8-6-15(7-9-16)20(25(2,22)23)12-18(21)19-17-11-13-4-5-14(17)10-13/h6-9,13-14,17H,3-5,10-12H2,1-2H3,(H,19,21). The maximum absolute atomic E-state index is 12.4. The molecule has 1 aromatic carbocycles. The Bertz CT molecular complexity index is 717. The molecule has 1 amide bonds. The van der Waals surface area contributed by atoms with E-state index >= 15 is 0 Å². The van der Waals surface area contributed by atoms with Crippen LogP contribution in [0.3, 0.4) is 0 Å². The van der Waals surface area contributed by atoms with E-state index in [-0.39, 0.29) is 18.5 Å². The summed E-state index contributed by atoms with van der Waals surface area (Å²) >= 11 is 0. The normalized spacial score (nSPS) is 25.0. The van der Waals surface area contributed by atoms with Gasteiger partial charge in [-0.05, 0) is 62.3 Å². The lowest BCUT2D eigenvalue weighted by Gasteiger charge is -2.26. The van der Waals surface area contributed by atoms with Gasteiger partial charge in [-0.25, -0.2) is 8.42 Å². The molecule has 3 atom stereocenters. The van der Waals surface area contributed by atoms with Gasteiger partial charge in [0, 0.05) is 6.04 Å². The number of ether oxygens (including phenoxy) is 1. The van der Waals surface area contributed by atoms with Crippen LogP contribution in [0.25, 0.3) is 0 Å². The summed E-state index contributed by atoms with van der Waals surface area (Å²) in [6.45, 7) is 2.23. The van der Waals surface area contributed by atoms with Gasteiger partial charge >= 0.3 is 0 Å². The van der Waals surface area contributed by atoms with Crippen LogP contribution in [0.4, 0.5) is 5.69 Å². The molecule has 2 bridgehead atoms. The predicted octanol–water partition coefficient (Wildman–Crippen LogP) is 2.16. The van der Waals surface area contributed by atoms with Crippen LogP contribution < -0.4 is 14.4 Å². The number of rotatable bonds is 7. The van der Waals surface area contributed by atoms with E-state index in [1.54, 1.807) is 24.3 Å². The van der Waals surface area contributed by atoms with Gasteiger partial charge in [-0.15, -0.1) is 0 Å². The SMILES string of the molecule is CCOc1ccc(N(CC(=O)NC2CC3CCC2C3)S(C)(=O)=O)cc1. The molecule has 0 heterocycles. The number of hydrogen-bond acceptors (Lipinski definition) is 4. The van der Waals surface area contributed by atoms with Gasteiger partial charge in [0.2, 0.25) is 15.9 Å². The van der Waals surface area contributed by atoms with E-state index in [0.29, 0.717) is 24.0 Å². The average Bonchev–Trinajstić information content (AvgIpc) is 3.15. The van der Waals surface area contributed by atoms with Crippen molar-refractivity contribution in [2.45, 2.75) is 38.6 Å². The van der Waals surface area contributed by atoms with Crippen molar-refractivity contribution in [3.8, 4) is 5.75 Å². The summed E-state index contributed by atoms with van der Waals surface area (Å²) in [7, 11) is -3.55. The molecule has 0 aromatic heterocycles. The van der Waals surface area contributed by atoms with Crippen LogP contribution in [0.2, 0.25) is 0 Å². The molecule has 3 unspecified atom stereocenters. The Morgan fingerprint density at radius 3 is 2.48 bits per heavy atom. The number of hydrogen-bond donors (Lipinski definition) is 1. The monoisotopic (exact) mass is 366 g/mol. The van der Waals surface area contributed by atoms with Crippen LogP contribution in [0.1, 0.15) is 32.6 Å². The summed E-state index contributed by atoms with van der Waals surface area (Å²) in [5.74, 6) is 1.72. The predicted molar refractivity (Wildman–Crippen MR) is 97.2 cm³/mol. The molecular formula is C18H26N2O4S. The summed E-state index contributed by atoms with van der Waals surface area (Å²) in [4.78, 5) is 12.4. The second kappa shape index (κ2) is 7.23. The van der Waals surface area contributed by atoms with Crippen molar-refractivity contribution >= 4 is 21.6 Å². The highest BCUT2D eigenvalue weighted by Crippen LogP contribution is 2.44. The number of carbonyl (C=O) groups is 1. The van der Waals surface area contributed by atoms with Gasteiger partial charge in [-0.1, -0.05) is 6.42 Å². The van der Waals surface area contributed by atoms with Crippen LogP contribution in [0, 0.1) is 11.8 Å². The minimum atomic E-state index is -3.55. The van der Waals surface area contributed by atoms with Crippen LogP contribution >= 0.6 is 0 Å². The van der Waals surface area contributed by atoms with Crippen LogP contribution in [0.5, 0.6) is 5.75 Å². The Labute approximate surface area is 149 Å². The van der Waals surface area contributed by atoms with Crippen molar-refractivity contribution in [2.75, 3.05) is 23.7 Å². The molecule has 0 aliphatic heterocycles. The molecule has 3 rings (SSSR count). The first-order valence-electron chi connectivity index (χ1n) is 8.86. The van der Waals surface area contributed by atoms with Gasteiger partial charge < -0.3 is 10.1 Å². The Morgan fingerprint density at radius 2 is 1.96 bits per heavy atom. The van der Waals surface area contributed by atoms with Crippen LogP contribution in [-0.2, 0) is 14.8 Å². The van der Waals surface area contributed by atoms with E-state index in [2.05, 4.69) is 5.32 Å². The summed E-state index contributed by atoms with van der Waals surface area (Å²) in [6, 6.07) is 6.96. The highest BCUT2D eigenvalue weighted by Gasteiger charge is 2.40. The minimum absolute atomic E-state index is 0.194. The van der Waals surface area contributed by atoms with Gasteiger partial charge in [0.1, 0.15) is 12.3 Å². The number of sulfonamides is 1. The van der Waals surface area contributed by atoms with E-state index in [9.17, 15) is 13.2 Å². The lowest BCUT2D eigenvalue weighted by atomic mass is 9.95. The molecule has 2 saturated carbocycles. The van der Waals surface area contributed by atoms with Crippen molar-refractivity contribution < 1.29 is 17.9 Å². The molecule has 1 N–H and O–H groups in total. The molecule has 0 radical (unpaired) electrons. The molecule has 2 aliphatic rings. The second-order valence-electron chi connectivity index (χ2n) is 7.05. The first-order chi connectivity index (χ1) is 11.9. The fourth-order valence-corrected chi connectivity index (χ4v) is 4.94. The molecule has 6 nitrogen and oxygen atoms in total. The second-order valence-corrected chi connectivity index (χ2v) is 8.95. The van der Waals surface area contributed by atoms with Gasteiger partial charge in [-0.2, -0.15) is 0 Å². The molecule has 7 heteroatoms. The molecule has 138 valence electrons. The Kier molecular flexibility index (Phi) is 5.22. The molecule has 0 spiro atoms. The number of benzene rings is 1. The van der Waals surface area contributed by atoms with Crippen molar-refractivity contribution in [3.05, 3.63) is 24.3 Å². The molecule has 2 aliphatic carbocycles. The summed E-state index contributed by atoms with van der Waals surface area (Å²) < 4.78 is 30.8. The van der Waals surface area contributed by atoms with Crippen molar-refractivity contribution in [1.82, 2.24) is 5.32 Å². The first-order valence-corrected chi connectivity index (χ1v) is 10.7. The van der Waals surface area contributed by atoms with E-state index in [0.717, 1.165) is 22.9 Å². The smallest absolute Gasteiger partial charge is 0.241 e. The van der Waals surface area contributed by atoms with Gasteiger partial charge in [0.25, 0.3) is 0 Å². The Balaban J connectivity index is 1.67. The van der Waals surface area contributed by atoms with Crippen molar-refractivity contribution in [3.63, 3.8) is 0 Å². The van der Waals surface area contributed by atoms with E-state index < -0.39 is 10.0 Å². The zero-order chi connectivity index (χ0) is 18.0. The van der Waals surface area contributed by atoms with Gasteiger partial charge in [0.05, 0.1) is 18.6 Å². The average molecular weight is 366 g/mol. The lowest BCUT2D eigenvalue weighted by molar-refractivity contribution is -0.120. The molecule has 25 heavy (non-hydrogen) atoms. The van der Waals surface area contributed by atoms with E-state index in [1.807, 2.05) is 6.92 Å². The number of amides is 1. The number of anilines is 1. The van der Waals surface area contributed by atoms with Gasteiger partial charge in [-0.3, -0.25) is 9.10 Å². The van der Waals surface area contributed by atoms with Crippen LogP contribution in [0.15, 0.2) is 24.3 Å². The largest absolute Gasteiger partial charge is 0.494 e. The number of carbonyl (C=O) groups excluding carboxylic acids is 1. The lowest BCUT2D eigenvalue weighted by Crippen LogP contribution is -2.45. The third-order valence-electron chi connectivity index (χ3n) is 5.21. The van der Waals surface area contributed by atoms with Gasteiger partial charge in [0.15, 0.2) is 0 Å². The zero-order valence-electron chi connectivity index (χ0n) is 14.8. The maximum Gasteiger partial charge on any atom is 0.241 e. The summed E-state index contributed by atoms with van der Waals surface area (Å²) in [6.07, 6.45) is 5.77. The number of nitrogens with one attached hydrogen (secondary N) is 1. The van der Waals surface area contributed by atoms with Crippen LogP contribution in [-0.4, -0.2) is 39.8 Å². The quantitative estimate of drug-likeness (QED) is 0.802. The maximum atomic E-state index is 12.4. The van der Waals surface area contributed by atoms with E-state index in [4.69, 9.17) is 4.74 Å². The zero-order valence-corrected chi connectivity index (χ0v) is 15.6. The summed E-state index contributed by atoms with van der Waals surface area (Å²) in [5, 5.41) is 3.04. The Hall–Kier alpha value is -1.76. The number of fused-ring (bicyclic) bond motifs is 2. The third kappa shape index (κ3) is 4.26. The minimum Gasteiger partial charge on any atom is -0.494 e. The topological polar surface area (TPSA) is 75.7 Å². The molecule has 0 saturated heterocycles. The first kappa shape index (κ1) is 18.0. The highest BCUT2D eigenvalue weighted by atomic mass is 32.2. The van der Waals surface area contributed by atoms with E-state index in [1.165, 1.54) is 19.3 Å². The molecular weight excluding hydrogens is 340 g/mol.